The third kappa shape index (κ3) is 14.8. The molecule has 7 nitrogen and oxygen atoms in total. The van der Waals surface area contributed by atoms with Gasteiger partial charge in [-0.25, -0.2) is 4.79 Å². The quantitative estimate of drug-likeness (QED) is 0.0799. The van der Waals surface area contributed by atoms with Crippen LogP contribution in [-0.4, -0.2) is 65.7 Å². The van der Waals surface area contributed by atoms with Crippen LogP contribution in [-0.2, 0) is 23.7 Å². The van der Waals surface area contributed by atoms with Gasteiger partial charge in [-0.15, -0.1) is 0 Å². The Kier molecular flexibility index (Phi) is 18.4. The van der Waals surface area contributed by atoms with Gasteiger partial charge in [-0.1, -0.05) is 103 Å². The van der Waals surface area contributed by atoms with Crippen molar-refractivity contribution in [1.29, 1.82) is 0 Å². The molecule has 0 bridgehead atoms. The highest BCUT2D eigenvalue weighted by Crippen LogP contribution is 2.30. The van der Waals surface area contributed by atoms with E-state index in [1.807, 2.05) is 6.92 Å². The molecule has 0 amide bonds. The predicted octanol–water partition coefficient (Wildman–Crippen LogP) is 8.08. The molecule has 0 spiro atoms. The van der Waals surface area contributed by atoms with Crippen LogP contribution in [0.1, 0.15) is 162 Å². The van der Waals surface area contributed by atoms with Crippen LogP contribution in [0.15, 0.2) is 11.6 Å². The number of aliphatic hydroxyl groups is 2. The summed E-state index contributed by atoms with van der Waals surface area (Å²) in [5.74, 6) is -0.291. The molecular weight excluding hydrogens is 544 g/mol. The van der Waals surface area contributed by atoms with E-state index in [4.69, 9.17) is 18.9 Å². The Morgan fingerprint density at radius 2 is 1.37 bits per heavy atom. The number of hydrogen-bond acceptors (Lipinski definition) is 7. The Hall–Kier alpha value is -0.990. The molecule has 7 heteroatoms. The molecule has 0 aromatic heterocycles. The number of unbranched alkanes of at least 4 members (excludes halogenated alkanes) is 13. The minimum Gasteiger partial charge on any atom is -0.455 e. The van der Waals surface area contributed by atoms with Gasteiger partial charge >= 0.3 is 5.97 Å². The fourth-order valence-corrected chi connectivity index (χ4v) is 6.97. The minimum atomic E-state index is -0.496. The molecule has 3 aliphatic rings. The van der Waals surface area contributed by atoms with E-state index < -0.39 is 12.2 Å². The highest BCUT2D eigenvalue weighted by atomic mass is 16.7. The number of esters is 1. The second-order valence-electron chi connectivity index (χ2n) is 13.5. The van der Waals surface area contributed by atoms with Crippen molar-refractivity contribution in [3.63, 3.8) is 0 Å². The first kappa shape index (κ1) is 36.5. The average Bonchev–Trinajstić information content (AvgIpc) is 3.72. The zero-order valence-electron chi connectivity index (χ0n) is 27.5. The molecule has 0 aliphatic carbocycles. The van der Waals surface area contributed by atoms with Crippen LogP contribution in [0.2, 0.25) is 0 Å². The highest BCUT2D eigenvalue weighted by Gasteiger charge is 2.33. The SMILES string of the molecule is CCCCCCCCCCCCCC[C@H]1OCO[C@@H]1CC[C@H](O)[C@@H]1CC[C@@H](CCCCC[C@@H](O)CC2=C[C@H](C)OC2=O)O1. The molecule has 2 fully saturated rings. The Balaban J connectivity index is 1.15. The van der Waals surface area contributed by atoms with Gasteiger partial charge in [-0.3, -0.25) is 0 Å². The molecule has 7 atom stereocenters. The normalized spacial score (nSPS) is 27.0. The zero-order chi connectivity index (χ0) is 30.7. The van der Waals surface area contributed by atoms with E-state index in [0.29, 0.717) is 31.6 Å². The van der Waals surface area contributed by atoms with Crippen LogP contribution in [0.25, 0.3) is 0 Å². The topological polar surface area (TPSA) is 94.5 Å². The van der Waals surface area contributed by atoms with Crippen molar-refractivity contribution in [2.45, 2.75) is 204 Å². The van der Waals surface area contributed by atoms with Crippen LogP contribution in [0.3, 0.4) is 0 Å². The van der Waals surface area contributed by atoms with E-state index in [0.717, 1.165) is 51.4 Å². The standard InChI is InChI=1S/C36H64O7/c1-3-4-5-6-7-8-9-10-11-12-13-17-20-34-35(41-27-40-34)24-22-32(38)33-23-21-31(43-33)19-16-14-15-18-30(37)26-29-25-28(2)42-36(29)39/h25,28,30-35,37-38H,3-24,26-27H2,1-2H3/t28-,30+,31+,32-,33-,34+,35+/m0/s1. The van der Waals surface area contributed by atoms with Gasteiger partial charge in [0.2, 0.25) is 0 Å². The van der Waals surface area contributed by atoms with E-state index in [-0.39, 0.29) is 36.5 Å². The van der Waals surface area contributed by atoms with Crippen molar-refractivity contribution < 1.29 is 34.0 Å². The molecule has 3 aliphatic heterocycles. The van der Waals surface area contributed by atoms with E-state index >= 15 is 0 Å². The molecule has 0 saturated carbocycles. The Labute approximate surface area is 262 Å². The number of ether oxygens (including phenoxy) is 4. The van der Waals surface area contributed by atoms with Gasteiger partial charge in [0.1, 0.15) is 12.9 Å². The molecule has 2 saturated heterocycles. The maximum atomic E-state index is 11.7. The fourth-order valence-electron chi connectivity index (χ4n) is 6.97. The van der Waals surface area contributed by atoms with Gasteiger partial charge in [-0.05, 0) is 57.9 Å². The summed E-state index contributed by atoms with van der Waals surface area (Å²) >= 11 is 0. The van der Waals surface area contributed by atoms with Crippen LogP contribution >= 0.6 is 0 Å². The molecule has 0 unspecified atom stereocenters. The smallest absolute Gasteiger partial charge is 0.334 e. The molecule has 0 radical (unpaired) electrons. The third-order valence-corrected chi connectivity index (χ3v) is 9.65. The summed E-state index contributed by atoms with van der Waals surface area (Å²) in [6, 6.07) is 0. The average molecular weight is 609 g/mol. The van der Waals surface area contributed by atoms with Crippen LogP contribution in [0.4, 0.5) is 0 Å². The van der Waals surface area contributed by atoms with Crippen LogP contribution < -0.4 is 0 Å². The van der Waals surface area contributed by atoms with Crippen molar-refractivity contribution in [2.75, 3.05) is 6.79 Å². The number of rotatable bonds is 25. The molecule has 0 aromatic carbocycles. The summed E-state index contributed by atoms with van der Waals surface area (Å²) < 4.78 is 23.1. The molecule has 43 heavy (non-hydrogen) atoms. The number of cyclic esters (lactones) is 1. The summed E-state index contributed by atoms with van der Waals surface area (Å²) in [5, 5.41) is 21.1. The maximum absolute atomic E-state index is 11.7. The third-order valence-electron chi connectivity index (χ3n) is 9.65. The summed E-state index contributed by atoms with van der Waals surface area (Å²) in [6.45, 7) is 4.49. The van der Waals surface area contributed by atoms with Crippen molar-refractivity contribution in [3.8, 4) is 0 Å². The van der Waals surface area contributed by atoms with E-state index in [9.17, 15) is 15.0 Å². The first-order chi connectivity index (χ1) is 21.0. The van der Waals surface area contributed by atoms with Crippen molar-refractivity contribution in [2.24, 2.45) is 0 Å². The number of carbonyl (C=O) groups excluding carboxylic acids is 1. The van der Waals surface area contributed by atoms with Gasteiger partial charge in [0.05, 0.1) is 36.6 Å². The van der Waals surface area contributed by atoms with Crippen molar-refractivity contribution in [3.05, 3.63) is 11.6 Å². The monoisotopic (exact) mass is 608 g/mol. The van der Waals surface area contributed by atoms with Gasteiger partial charge < -0.3 is 29.2 Å². The second-order valence-corrected chi connectivity index (χ2v) is 13.5. The lowest BCUT2D eigenvalue weighted by Crippen LogP contribution is -2.30. The highest BCUT2D eigenvalue weighted by molar-refractivity contribution is 5.90. The molecule has 3 rings (SSSR count). The molecular formula is C36H64O7. The minimum absolute atomic E-state index is 0.0780. The Morgan fingerprint density at radius 1 is 0.767 bits per heavy atom. The largest absolute Gasteiger partial charge is 0.455 e. The number of aliphatic hydroxyl groups excluding tert-OH is 2. The lowest BCUT2D eigenvalue weighted by molar-refractivity contribution is -0.139. The summed E-state index contributed by atoms with van der Waals surface area (Å²) in [5.41, 5.74) is 0.603. The van der Waals surface area contributed by atoms with E-state index in [1.165, 1.54) is 77.0 Å². The van der Waals surface area contributed by atoms with Gasteiger partial charge in [-0.2, -0.15) is 0 Å². The lowest BCUT2D eigenvalue weighted by atomic mass is 9.97. The summed E-state index contributed by atoms with van der Waals surface area (Å²) in [6.07, 6.45) is 27.0. The van der Waals surface area contributed by atoms with Crippen LogP contribution in [0, 0.1) is 0 Å². The lowest BCUT2D eigenvalue weighted by Gasteiger charge is -2.22. The summed E-state index contributed by atoms with van der Waals surface area (Å²) in [7, 11) is 0. The van der Waals surface area contributed by atoms with E-state index in [2.05, 4.69) is 6.92 Å². The van der Waals surface area contributed by atoms with Gasteiger partial charge in [0, 0.05) is 12.0 Å². The molecule has 0 aromatic rings. The van der Waals surface area contributed by atoms with Crippen molar-refractivity contribution in [1.82, 2.24) is 0 Å². The van der Waals surface area contributed by atoms with E-state index in [1.54, 1.807) is 6.08 Å². The van der Waals surface area contributed by atoms with Gasteiger partial charge in [0.25, 0.3) is 0 Å². The Bertz CT molecular complexity index is 771. The summed E-state index contributed by atoms with van der Waals surface area (Å²) in [4.78, 5) is 11.7. The first-order valence-electron chi connectivity index (χ1n) is 18.1. The predicted molar refractivity (Wildman–Crippen MR) is 171 cm³/mol. The number of carbonyl (C=O) groups is 1. The Morgan fingerprint density at radius 3 is 2.02 bits per heavy atom. The van der Waals surface area contributed by atoms with Crippen LogP contribution in [0.5, 0.6) is 0 Å². The molecule has 250 valence electrons. The maximum Gasteiger partial charge on any atom is 0.334 e. The van der Waals surface area contributed by atoms with Gasteiger partial charge in [0.15, 0.2) is 0 Å². The zero-order valence-corrected chi connectivity index (χ0v) is 27.5. The first-order valence-corrected chi connectivity index (χ1v) is 18.1. The molecule has 3 heterocycles. The second kappa shape index (κ2) is 21.7. The fraction of sp³-hybridized carbons (Fsp3) is 0.917. The molecule has 2 N–H and O–H groups in total. The number of hydrogen-bond donors (Lipinski definition) is 2. The van der Waals surface area contributed by atoms with Crippen molar-refractivity contribution >= 4 is 5.97 Å².